The molecule has 2 amide bonds. The van der Waals surface area contributed by atoms with Gasteiger partial charge >= 0.3 is 6.18 Å². The number of amides is 2. The fraction of sp³-hybridized carbons (Fsp3) is 0.0500. The van der Waals surface area contributed by atoms with Gasteiger partial charge < -0.3 is 10.6 Å². The van der Waals surface area contributed by atoms with Crippen LogP contribution in [0.25, 0.3) is 0 Å². The Hall–Kier alpha value is -3.68. The zero-order chi connectivity index (χ0) is 20.1. The van der Waals surface area contributed by atoms with E-state index >= 15 is 0 Å². The minimum absolute atomic E-state index is 0.0271. The van der Waals surface area contributed by atoms with Gasteiger partial charge in [0.1, 0.15) is 5.69 Å². The van der Waals surface area contributed by atoms with Crippen LogP contribution in [0, 0.1) is 0 Å². The molecule has 2 aromatic carbocycles. The Labute approximate surface area is 158 Å². The predicted molar refractivity (Wildman–Crippen MR) is 98.0 cm³/mol. The molecule has 1 aromatic heterocycles. The van der Waals surface area contributed by atoms with Crippen LogP contribution in [0.2, 0.25) is 0 Å². The van der Waals surface area contributed by atoms with E-state index in [9.17, 15) is 22.8 Å². The number of pyridine rings is 1. The van der Waals surface area contributed by atoms with Crippen LogP contribution in [0.4, 0.5) is 24.5 Å². The van der Waals surface area contributed by atoms with Crippen LogP contribution in [-0.4, -0.2) is 16.8 Å². The zero-order valence-corrected chi connectivity index (χ0v) is 14.3. The van der Waals surface area contributed by atoms with E-state index < -0.39 is 23.6 Å². The zero-order valence-electron chi connectivity index (χ0n) is 14.3. The summed E-state index contributed by atoms with van der Waals surface area (Å²) in [7, 11) is 0. The number of halogens is 3. The van der Waals surface area contributed by atoms with Crippen molar-refractivity contribution >= 4 is 23.2 Å². The number of aromatic nitrogens is 1. The summed E-state index contributed by atoms with van der Waals surface area (Å²) in [6.07, 6.45) is -3.24. The lowest BCUT2D eigenvalue weighted by atomic mass is 10.1. The number of carbonyl (C=O) groups excluding carboxylic acids is 2. The fourth-order valence-corrected chi connectivity index (χ4v) is 2.39. The highest BCUT2D eigenvalue weighted by atomic mass is 19.4. The molecule has 0 saturated carbocycles. The van der Waals surface area contributed by atoms with Gasteiger partial charge in [0.05, 0.1) is 5.56 Å². The number of alkyl halides is 3. The molecule has 0 aliphatic heterocycles. The van der Waals surface area contributed by atoms with Gasteiger partial charge in [-0.1, -0.05) is 24.3 Å². The third-order valence-electron chi connectivity index (χ3n) is 3.73. The lowest BCUT2D eigenvalue weighted by molar-refractivity contribution is -0.137. The Morgan fingerprint density at radius 2 is 1.46 bits per heavy atom. The van der Waals surface area contributed by atoms with Crippen LogP contribution in [0.1, 0.15) is 26.4 Å². The van der Waals surface area contributed by atoms with Gasteiger partial charge in [-0.2, -0.15) is 13.2 Å². The molecule has 28 heavy (non-hydrogen) atoms. The molecule has 0 unspecified atom stereocenters. The predicted octanol–water partition coefficient (Wildman–Crippen LogP) is 4.61. The molecule has 0 spiro atoms. The van der Waals surface area contributed by atoms with Gasteiger partial charge in [0, 0.05) is 23.1 Å². The minimum Gasteiger partial charge on any atom is -0.322 e. The molecule has 0 atom stereocenters. The molecule has 0 radical (unpaired) electrons. The summed E-state index contributed by atoms with van der Waals surface area (Å²) in [5, 5.41) is 5.03. The molecule has 142 valence electrons. The first-order valence-electron chi connectivity index (χ1n) is 8.14. The second kappa shape index (κ2) is 7.91. The molecule has 1 heterocycles. The fourth-order valence-electron chi connectivity index (χ4n) is 2.39. The molecular formula is C20H14F3N3O2. The van der Waals surface area contributed by atoms with Crippen molar-refractivity contribution < 1.29 is 22.8 Å². The highest BCUT2D eigenvalue weighted by molar-refractivity contribution is 6.07. The monoisotopic (exact) mass is 385 g/mol. The van der Waals surface area contributed by atoms with Crippen molar-refractivity contribution in [2.75, 3.05) is 10.6 Å². The average Bonchev–Trinajstić information content (AvgIpc) is 2.68. The highest BCUT2D eigenvalue weighted by Crippen LogP contribution is 2.30. The SMILES string of the molecule is O=C(Nc1ccccc1)c1ccnc(C(=O)Nc2cccc(C(F)(F)F)c2)c1. The van der Waals surface area contributed by atoms with Crippen molar-refractivity contribution in [3.63, 3.8) is 0 Å². The van der Waals surface area contributed by atoms with E-state index in [0.717, 1.165) is 12.1 Å². The molecule has 3 rings (SSSR count). The smallest absolute Gasteiger partial charge is 0.322 e. The van der Waals surface area contributed by atoms with Crippen LogP contribution in [0.3, 0.4) is 0 Å². The van der Waals surface area contributed by atoms with Gasteiger partial charge in [-0.15, -0.1) is 0 Å². The van der Waals surface area contributed by atoms with Gasteiger partial charge in [-0.3, -0.25) is 14.6 Å². The molecule has 8 heteroatoms. The molecule has 0 aliphatic rings. The summed E-state index contributed by atoms with van der Waals surface area (Å²) in [6, 6.07) is 15.7. The normalized spacial score (nSPS) is 11.0. The number of carbonyl (C=O) groups is 2. The van der Waals surface area contributed by atoms with Gasteiger partial charge in [0.25, 0.3) is 11.8 Å². The van der Waals surface area contributed by atoms with Crippen molar-refractivity contribution in [2.24, 2.45) is 0 Å². The highest BCUT2D eigenvalue weighted by Gasteiger charge is 2.30. The maximum atomic E-state index is 12.8. The van der Waals surface area contributed by atoms with E-state index in [1.807, 2.05) is 0 Å². The molecule has 0 fully saturated rings. The van der Waals surface area contributed by atoms with Crippen molar-refractivity contribution in [3.05, 3.63) is 89.7 Å². The summed E-state index contributed by atoms with van der Waals surface area (Å²) in [6.45, 7) is 0. The third kappa shape index (κ3) is 4.73. The summed E-state index contributed by atoms with van der Waals surface area (Å²) in [4.78, 5) is 28.5. The Kier molecular flexibility index (Phi) is 5.39. The van der Waals surface area contributed by atoms with E-state index in [-0.39, 0.29) is 16.9 Å². The molecular weight excluding hydrogens is 371 g/mol. The second-order valence-electron chi connectivity index (χ2n) is 5.78. The number of nitrogens with zero attached hydrogens (tertiary/aromatic N) is 1. The van der Waals surface area contributed by atoms with Gasteiger partial charge in [0.15, 0.2) is 0 Å². The van der Waals surface area contributed by atoms with Crippen molar-refractivity contribution in [2.45, 2.75) is 6.18 Å². The average molecular weight is 385 g/mol. The summed E-state index contributed by atoms with van der Waals surface area (Å²) >= 11 is 0. The van der Waals surface area contributed by atoms with Crippen LogP contribution in [-0.2, 0) is 6.18 Å². The Morgan fingerprint density at radius 1 is 0.786 bits per heavy atom. The Balaban J connectivity index is 1.75. The van der Waals surface area contributed by atoms with Crippen LogP contribution in [0.5, 0.6) is 0 Å². The molecule has 2 N–H and O–H groups in total. The van der Waals surface area contributed by atoms with Gasteiger partial charge in [-0.05, 0) is 42.5 Å². The molecule has 0 bridgehead atoms. The van der Waals surface area contributed by atoms with Crippen molar-refractivity contribution in [1.82, 2.24) is 4.98 Å². The topological polar surface area (TPSA) is 71.1 Å². The number of rotatable bonds is 4. The van der Waals surface area contributed by atoms with Crippen molar-refractivity contribution in [3.8, 4) is 0 Å². The van der Waals surface area contributed by atoms with Crippen LogP contribution in [0.15, 0.2) is 72.9 Å². The maximum Gasteiger partial charge on any atom is 0.416 e. The third-order valence-corrected chi connectivity index (χ3v) is 3.73. The summed E-state index contributed by atoms with van der Waals surface area (Å²) in [5.74, 6) is -1.17. The molecule has 3 aromatic rings. The summed E-state index contributed by atoms with van der Waals surface area (Å²) in [5.41, 5.74) is -0.236. The molecule has 0 aliphatic carbocycles. The lowest BCUT2D eigenvalue weighted by Gasteiger charge is -2.10. The maximum absolute atomic E-state index is 12.8. The number of nitrogens with one attached hydrogen (secondary N) is 2. The van der Waals surface area contributed by atoms with Gasteiger partial charge in [-0.25, -0.2) is 0 Å². The van der Waals surface area contributed by atoms with E-state index in [0.29, 0.717) is 5.69 Å². The standard InChI is InChI=1S/C20H14F3N3O2/c21-20(22,23)14-5-4-8-16(12-14)26-19(28)17-11-13(9-10-24-17)18(27)25-15-6-2-1-3-7-15/h1-12H,(H,25,27)(H,26,28). The molecule has 0 saturated heterocycles. The van der Waals surface area contributed by atoms with Gasteiger partial charge in [0.2, 0.25) is 0 Å². The van der Waals surface area contributed by atoms with Crippen molar-refractivity contribution in [1.29, 1.82) is 0 Å². The van der Waals surface area contributed by atoms with E-state index in [1.54, 1.807) is 30.3 Å². The second-order valence-corrected chi connectivity index (χ2v) is 5.78. The van der Waals surface area contributed by atoms with Crippen LogP contribution >= 0.6 is 0 Å². The minimum atomic E-state index is -4.52. The van der Waals surface area contributed by atoms with Crippen LogP contribution < -0.4 is 10.6 Å². The number of anilines is 2. The van der Waals surface area contributed by atoms with E-state index in [2.05, 4.69) is 15.6 Å². The number of hydrogen-bond donors (Lipinski definition) is 2. The number of para-hydroxylation sites is 1. The lowest BCUT2D eigenvalue weighted by Crippen LogP contribution is -2.17. The number of benzene rings is 2. The quantitative estimate of drug-likeness (QED) is 0.689. The first kappa shape index (κ1) is 19.1. The molecule has 5 nitrogen and oxygen atoms in total. The Morgan fingerprint density at radius 3 is 2.18 bits per heavy atom. The largest absolute Gasteiger partial charge is 0.416 e. The van der Waals surface area contributed by atoms with E-state index in [1.165, 1.54) is 30.5 Å². The Bertz CT molecular complexity index is 1000. The first-order chi connectivity index (χ1) is 13.3. The number of hydrogen-bond acceptors (Lipinski definition) is 3. The first-order valence-corrected chi connectivity index (χ1v) is 8.14. The van der Waals surface area contributed by atoms with E-state index in [4.69, 9.17) is 0 Å². The summed E-state index contributed by atoms with van der Waals surface area (Å²) < 4.78 is 38.3.